The SMILES string of the molecule is CN(C)C(=O)Nc1cc(Oc2ccc(NC(=O)NC=O)nc2)ccn1. The van der Waals surface area contributed by atoms with E-state index in [2.05, 4.69) is 20.6 Å². The van der Waals surface area contributed by atoms with Crippen LogP contribution in [0.15, 0.2) is 36.7 Å². The Kier molecular flexibility index (Phi) is 5.82. The van der Waals surface area contributed by atoms with Gasteiger partial charge < -0.3 is 9.64 Å². The monoisotopic (exact) mass is 344 g/mol. The predicted octanol–water partition coefficient (Wildman–Crippen LogP) is 1.64. The lowest BCUT2D eigenvalue weighted by molar-refractivity contribution is -0.108. The maximum atomic E-state index is 11.6. The quantitative estimate of drug-likeness (QED) is 0.708. The number of pyridine rings is 2. The van der Waals surface area contributed by atoms with Gasteiger partial charge in [0.2, 0.25) is 6.41 Å². The zero-order chi connectivity index (χ0) is 18.2. The van der Waals surface area contributed by atoms with E-state index in [1.54, 1.807) is 32.3 Å². The molecular formula is C15H16N6O4. The van der Waals surface area contributed by atoms with Crippen LogP contribution in [0, 0.1) is 0 Å². The second kappa shape index (κ2) is 8.24. The highest BCUT2D eigenvalue weighted by Gasteiger charge is 2.07. The maximum Gasteiger partial charge on any atom is 0.326 e. The first-order valence-corrected chi connectivity index (χ1v) is 7.07. The van der Waals surface area contributed by atoms with Gasteiger partial charge in [0.15, 0.2) is 0 Å². The van der Waals surface area contributed by atoms with Crippen molar-refractivity contribution < 1.29 is 19.1 Å². The van der Waals surface area contributed by atoms with E-state index in [9.17, 15) is 14.4 Å². The molecule has 2 aromatic rings. The van der Waals surface area contributed by atoms with Crippen LogP contribution >= 0.6 is 0 Å². The molecule has 130 valence electrons. The lowest BCUT2D eigenvalue weighted by Crippen LogP contribution is -2.27. The number of nitrogens with zero attached hydrogens (tertiary/aromatic N) is 3. The minimum Gasteiger partial charge on any atom is -0.456 e. The third-order valence-electron chi connectivity index (χ3n) is 2.78. The van der Waals surface area contributed by atoms with Gasteiger partial charge >= 0.3 is 12.1 Å². The number of carbonyl (C=O) groups excluding carboxylic acids is 3. The average Bonchev–Trinajstić information content (AvgIpc) is 2.57. The standard InChI is InChI=1S/C15H16N6O4/c1-21(2)15(24)20-13-7-10(5-6-16-13)25-11-3-4-12(17-8-11)19-14(23)18-9-22/h3-9H,1-2H3,(H,16,20,24)(H2,17,18,19,22,23). The van der Waals surface area contributed by atoms with Crippen LogP contribution in [-0.2, 0) is 4.79 Å². The third-order valence-corrected chi connectivity index (χ3v) is 2.78. The Bertz CT molecular complexity index is 763. The number of rotatable bonds is 5. The molecule has 2 aromatic heterocycles. The lowest BCUT2D eigenvalue weighted by atomic mass is 10.4. The van der Waals surface area contributed by atoms with Crippen LogP contribution in [0.4, 0.5) is 21.2 Å². The van der Waals surface area contributed by atoms with Gasteiger partial charge in [0.25, 0.3) is 0 Å². The highest BCUT2D eigenvalue weighted by molar-refractivity contribution is 5.94. The number of urea groups is 2. The molecule has 0 spiro atoms. The Morgan fingerprint density at radius 2 is 1.88 bits per heavy atom. The van der Waals surface area contributed by atoms with Gasteiger partial charge in [-0.25, -0.2) is 19.6 Å². The number of carbonyl (C=O) groups is 3. The van der Waals surface area contributed by atoms with E-state index in [-0.39, 0.29) is 18.3 Å². The second-order valence-electron chi connectivity index (χ2n) is 4.90. The predicted molar refractivity (Wildman–Crippen MR) is 89.5 cm³/mol. The Balaban J connectivity index is 2.01. The van der Waals surface area contributed by atoms with Crippen molar-refractivity contribution in [1.82, 2.24) is 20.2 Å². The molecule has 2 rings (SSSR count). The first-order valence-electron chi connectivity index (χ1n) is 7.07. The molecule has 10 heteroatoms. The molecule has 0 bridgehead atoms. The molecule has 0 fully saturated rings. The van der Waals surface area contributed by atoms with Gasteiger partial charge in [0, 0.05) is 26.4 Å². The molecule has 0 atom stereocenters. The van der Waals surface area contributed by atoms with E-state index in [1.165, 1.54) is 23.4 Å². The van der Waals surface area contributed by atoms with Crippen molar-refractivity contribution in [2.45, 2.75) is 0 Å². The molecule has 2 heterocycles. The topological polar surface area (TPSA) is 126 Å². The first-order chi connectivity index (χ1) is 12.0. The Morgan fingerprint density at radius 1 is 1.08 bits per heavy atom. The van der Waals surface area contributed by atoms with Gasteiger partial charge in [0.1, 0.15) is 23.1 Å². The van der Waals surface area contributed by atoms with Crippen LogP contribution in [0.2, 0.25) is 0 Å². The van der Waals surface area contributed by atoms with Crippen molar-refractivity contribution in [1.29, 1.82) is 0 Å². The fourth-order valence-corrected chi connectivity index (χ4v) is 1.62. The summed E-state index contributed by atoms with van der Waals surface area (Å²) in [6, 6.07) is 5.28. The fourth-order valence-electron chi connectivity index (χ4n) is 1.62. The summed E-state index contributed by atoms with van der Waals surface area (Å²) in [7, 11) is 3.23. The van der Waals surface area contributed by atoms with Crippen molar-refractivity contribution in [2.24, 2.45) is 0 Å². The number of nitrogens with one attached hydrogen (secondary N) is 3. The van der Waals surface area contributed by atoms with Crippen molar-refractivity contribution >= 4 is 30.1 Å². The highest BCUT2D eigenvalue weighted by Crippen LogP contribution is 2.23. The molecule has 0 aliphatic rings. The Hall–Kier alpha value is -3.69. The fraction of sp³-hybridized carbons (Fsp3) is 0.133. The number of ether oxygens (including phenoxy) is 1. The van der Waals surface area contributed by atoms with Gasteiger partial charge in [-0.2, -0.15) is 0 Å². The second-order valence-corrected chi connectivity index (χ2v) is 4.90. The molecule has 25 heavy (non-hydrogen) atoms. The van der Waals surface area contributed by atoms with Crippen LogP contribution in [0.5, 0.6) is 11.5 Å². The zero-order valence-corrected chi connectivity index (χ0v) is 13.5. The van der Waals surface area contributed by atoms with Crippen molar-refractivity contribution in [2.75, 3.05) is 24.7 Å². The minimum absolute atomic E-state index is 0.250. The maximum absolute atomic E-state index is 11.6. The number of amides is 5. The van der Waals surface area contributed by atoms with E-state index in [1.807, 2.05) is 5.32 Å². The molecule has 3 N–H and O–H groups in total. The molecule has 0 aromatic carbocycles. The molecule has 5 amide bonds. The van der Waals surface area contributed by atoms with Crippen LogP contribution in [0.1, 0.15) is 0 Å². The Labute approximate surface area is 143 Å². The summed E-state index contributed by atoms with van der Waals surface area (Å²) in [4.78, 5) is 42.4. The summed E-state index contributed by atoms with van der Waals surface area (Å²) in [5.74, 6) is 1.45. The number of anilines is 2. The van der Waals surface area contributed by atoms with Gasteiger partial charge in [-0.1, -0.05) is 0 Å². The normalized spacial score (nSPS) is 9.68. The van der Waals surface area contributed by atoms with Crippen molar-refractivity contribution in [3.05, 3.63) is 36.7 Å². The van der Waals surface area contributed by atoms with E-state index < -0.39 is 6.03 Å². The van der Waals surface area contributed by atoms with E-state index in [4.69, 9.17) is 4.74 Å². The molecule has 0 unspecified atom stereocenters. The first kappa shape index (κ1) is 17.7. The lowest BCUT2D eigenvalue weighted by Gasteiger charge is -2.12. The Morgan fingerprint density at radius 3 is 2.52 bits per heavy atom. The van der Waals surface area contributed by atoms with Crippen LogP contribution < -0.4 is 20.7 Å². The summed E-state index contributed by atoms with van der Waals surface area (Å²) >= 11 is 0. The van der Waals surface area contributed by atoms with Crippen molar-refractivity contribution in [3.63, 3.8) is 0 Å². The number of hydrogen-bond acceptors (Lipinski definition) is 6. The smallest absolute Gasteiger partial charge is 0.326 e. The van der Waals surface area contributed by atoms with Gasteiger partial charge in [0.05, 0.1) is 6.20 Å². The minimum atomic E-state index is -0.688. The highest BCUT2D eigenvalue weighted by atomic mass is 16.5. The zero-order valence-electron chi connectivity index (χ0n) is 13.5. The average molecular weight is 344 g/mol. The molecule has 0 aliphatic carbocycles. The van der Waals surface area contributed by atoms with Crippen LogP contribution in [-0.4, -0.2) is 47.4 Å². The third kappa shape index (κ3) is 5.46. The van der Waals surface area contributed by atoms with E-state index in [0.29, 0.717) is 17.3 Å². The summed E-state index contributed by atoms with van der Waals surface area (Å²) in [5, 5.41) is 6.90. The number of aromatic nitrogens is 2. The molecule has 10 nitrogen and oxygen atoms in total. The van der Waals surface area contributed by atoms with Gasteiger partial charge in [-0.3, -0.25) is 20.7 Å². The van der Waals surface area contributed by atoms with Gasteiger partial charge in [-0.15, -0.1) is 0 Å². The molecule has 0 saturated carbocycles. The summed E-state index contributed by atoms with van der Waals surface area (Å²) in [6.07, 6.45) is 3.16. The summed E-state index contributed by atoms with van der Waals surface area (Å²) < 4.78 is 5.62. The van der Waals surface area contributed by atoms with Crippen LogP contribution in [0.25, 0.3) is 0 Å². The molecule has 0 aliphatic heterocycles. The molecular weight excluding hydrogens is 328 g/mol. The summed E-state index contributed by atoms with van der Waals surface area (Å²) in [6.45, 7) is 0. The summed E-state index contributed by atoms with van der Waals surface area (Å²) in [5.41, 5.74) is 0. The molecule has 0 radical (unpaired) electrons. The van der Waals surface area contributed by atoms with Crippen LogP contribution in [0.3, 0.4) is 0 Å². The molecule has 0 saturated heterocycles. The van der Waals surface area contributed by atoms with Crippen molar-refractivity contribution in [3.8, 4) is 11.5 Å². The van der Waals surface area contributed by atoms with Gasteiger partial charge in [-0.05, 0) is 18.2 Å². The van der Waals surface area contributed by atoms with E-state index >= 15 is 0 Å². The van der Waals surface area contributed by atoms with E-state index in [0.717, 1.165) is 0 Å². The number of imide groups is 1. The largest absolute Gasteiger partial charge is 0.456 e. The number of hydrogen-bond donors (Lipinski definition) is 3.